The van der Waals surface area contributed by atoms with Crippen molar-refractivity contribution in [3.05, 3.63) is 0 Å². The summed E-state index contributed by atoms with van der Waals surface area (Å²) in [7, 11) is 0. The largest absolute Gasteiger partial charge is 0.303 e. The highest BCUT2D eigenvalue weighted by Gasteiger charge is 2.23. The van der Waals surface area contributed by atoms with Gasteiger partial charge >= 0.3 is 0 Å². The first-order valence-corrected chi connectivity index (χ1v) is 3.81. The molecule has 0 saturated carbocycles. The number of hydrogen-bond donors (Lipinski definition) is 0. The molecule has 0 spiro atoms. The molecule has 2 fully saturated rings. The molecule has 0 bridgehead atoms. The van der Waals surface area contributed by atoms with Crippen molar-refractivity contribution < 1.29 is 0 Å². The molecule has 9 heavy (non-hydrogen) atoms. The van der Waals surface area contributed by atoms with Crippen LogP contribution < -0.4 is 5.32 Å². The minimum absolute atomic E-state index is 0.922. The first-order chi connectivity index (χ1) is 4.45. The number of likely N-dealkylation sites (tertiary alicyclic amines) is 1. The summed E-state index contributed by atoms with van der Waals surface area (Å²) in [5, 5.41) is 4.18. The fourth-order valence-corrected chi connectivity index (χ4v) is 1.36. The third-order valence-electron chi connectivity index (χ3n) is 2.24. The molecule has 0 unspecified atom stereocenters. The van der Waals surface area contributed by atoms with Gasteiger partial charge in [-0.2, -0.15) is 0 Å². The van der Waals surface area contributed by atoms with E-state index in [1.165, 1.54) is 26.1 Å². The van der Waals surface area contributed by atoms with E-state index in [2.05, 4.69) is 10.2 Å². The van der Waals surface area contributed by atoms with Crippen LogP contribution in [0.3, 0.4) is 0 Å². The lowest BCUT2D eigenvalue weighted by atomic mass is 10.0. The van der Waals surface area contributed by atoms with E-state index in [4.69, 9.17) is 0 Å². The molecule has 2 rings (SSSR count). The van der Waals surface area contributed by atoms with Crippen molar-refractivity contribution in [1.29, 1.82) is 0 Å². The van der Waals surface area contributed by atoms with Crippen LogP contribution in [0.5, 0.6) is 0 Å². The van der Waals surface area contributed by atoms with Crippen LogP contribution in [0.4, 0.5) is 0 Å². The zero-order valence-corrected chi connectivity index (χ0v) is 5.71. The minimum atomic E-state index is 0.922. The topological polar surface area (TPSA) is 17.3 Å². The van der Waals surface area contributed by atoms with E-state index in [1.807, 2.05) is 0 Å². The highest BCUT2D eigenvalue weighted by Crippen LogP contribution is 2.12. The molecule has 2 saturated heterocycles. The Kier molecular flexibility index (Phi) is 1.44. The molecule has 0 aromatic carbocycles. The van der Waals surface area contributed by atoms with Crippen LogP contribution in [0.15, 0.2) is 0 Å². The van der Waals surface area contributed by atoms with Crippen LogP contribution in [0.25, 0.3) is 0 Å². The van der Waals surface area contributed by atoms with Crippen LogP contribution in [-0.2, 0) is 0 Å². The average Bonchev–Trinajstić information content (AvgIpc) is 1.57. The van der Waals surface area contributed by atoms with Gasteiger partial charge in [0.1, 0.15) is 0 Å². The van der Waals surface area contributed by atoms with Gasteiger partial charge in [-0.1, -0.05) is 0 Å². The Morgan fingerprint density at radius 2 is 2.11 bits per heavy atom. The number of hydrogen-bond acceptors (Lipinski definition) is 1. The molecule has 0 N–H and O–H groups in total. The summed E-state index contributed by atoms with van der Waals surface area (Å²) in [6, 6.07) is 0. The maximum atomic E-state index is 4.18. The van der Waals surface area contributed by atoms with Crippen molar-refractivity contribution >= 4 is 0 Å². The summed E-state index contributed by atoms with van der Waals surface area (Å²) in [6.45, 7) is 6.28. The van der Waals surface area contributed by atoms with Gasteiger partial charge in [0.05, 0.1) is 0 Å². The molecule has 2 nitrogen and oxygen atoms in total. The maximum absolute atomic E-state index is 4.18. The smallest absolute Gasteiger partial charge is 0.0186 e. The van der Waals surface area contributed by atoms with Gasteiger partial charge in [-0.3, -0.25) is 0 Å². The monoisotopic (exact) mass is 125 g/mol. The molecular formula is C7H13N2. The summed E-state index contributed by atoms with van der Waals surface area (Å²) < 4.78 is 0. The van der Waals surface area contributed by atoms with Gasteiger partial charge in [-0.05, 0) is 25.4 Å². The predicted octanol–water partition coefficient (Wildman–Crippen LogP) is -0.0737. The zero-order chi connectivity index (χ0) is 6.10. The lowest BCUT2D eigenvalue weighted by molar-refractivity contribution is 0.129. The highest BCUT2D eigenvalue weighted by molar-refractivity contribution is 4.80. The Bertz CT molecular complexity index is 83.1. The second-order valence-electron chi connectivity index (χ2n) is 3.11. The molecule has 1 radical (unpaired) electrons. The normalized spacial score (nSPS) is 29.3. The average molecular weight is 125 g/mol. The standard InChI is InChI=1S/C7H13N2/c1-2-9(3-1)6-7-4-8-5-7/h7H,1-6H2. The van der Waals surface area contributed by atoms with Gasteiger partial charge in [0.15, 0.2) is 0 Å². The fraction of sp³-hybridized carbons (Fsp3) is 1.00. The van der Waals surface area contributed by atoms with Gasteiger partial charge in [-0.25, -0.2) is 5.32 Å². The summed E-state index contributed by atoms with van der Waals surface area (Å²) in [5.74, 6) is 0.922. The molecular weight excluding hydrogens is 112 g/mol. The molecule has 0 aromatic rings. The Morgan fingerprint density at radius 1 is 1.33 bits per heavy atom. The third kappa shape index (κ3) is 1.10. The lowest BCUT2D eigenvalue weighted by Gasteiger charge is -2.37. The highest BCUT2D eigenvalue weighted by atomic mass is 15.2. The van der Waals surface area contributed by atoms with Crippen molar-refractivity contribution in [3.8, 4) is 0 Å². The predicted molar refractivity (Wildman–Crippen MR) is 36.4 cm³/mol. The lowest BCUT2D eigenvalue weighted by Crippen LogP contribution is -2.48. The molecule has 0 amide bonds. The van der Waals surface area contributed by atoms with Gasteiger partial charge < -0.3 is 4.90 Å². The molecule has 2 heterocycles. The van der Waals surface area contributed by atoms with Gasteiger partial charge in [0, 0.05) is 19.6 Å². The molecule has 0 aliphatic carbocycles. The number of nitrogens with zero attached hydrogens (tertiary/aromatic N) is 2. The van der Waals surface area contributed by atoms with E-state index < -0.39 is 0 Å². The number of rotatable bonds is 2. The van der Waals surface area contributed by atoms with Crippen molar-refractivity contribution in [2.75, 3.05) is 32.7 Å². The Balaban J connectivity index is 1.64. The van der Waals surface area contributed by atoms with Crippen molar-refractivity contribution in [2.45, 2.75) is 6.42 Å². The summed E-state index contributed by atoms with van der Waals surface area (Å²) in [5.41, 5.74) is 0. The van der Waals surface area contributed by atoms with E-state index in [-0.39, 0.29) is 0 Å². The zero-order valence-electron chi connectivity index (χ0n) is 5.71. The Labute approximate surface area is 56.2 Å². The second kappa shape index (κ2) is 2.27. The van der Waals surface area contributed by atoms with Crippen molar-refractivity contribution in [1.82, 2.24) is 10.2 Å². The minimum Gasteiger partial charge on any atom is -0.303 e. The Morgan fingerprint density at radius 3 is 2.44 bits per heavy atom. The van der Waals surface area contributed by atoms with Gasteiger partial charge in [-0.15, -0.1) is 0 Å². The fourth-order valence-electron chi connectivity index (χ4n) is 1.36. The molecule has 2 aliphatic heterocycles. The van der Waals surface area contributed by atoms with Crippen molar-refractivity contribution in [3.63, 3.8) is 0 Å². The first-order valence-electron chi connectivity index (χ1n) is 3.81. The van der Waals surface area contributed by atoms with Crippen LogP contribution in [0, 0.1) is 5.92 Å². The Hall–Kier alpha value is -0.0800. The molecule has 2 aliphatic rings. The summed E-state index contributed by atoms with van der Waals surface area (Å²) >= 11 is 0. The van der Waals surface area contributed by atoms with E-state index in [0.717, 1.165) is 19.0 Å². The van der Waals surface area contributed by atoms with Gasteiger partial charge in [0.25, 0.3) is 0 Å². The van der Waals surface area contributed by atoms with E-state index >= 15 is 0 Å². The van der Waals surface area contributed by atoms with E-state index in [1.54, 1.807) is 0 Å². The van der Waals surface area contributed by atoms with Gasteiger partial charge in [0.2, 0.25) is 0 Å². The maximum Gasteiger partial charge on any atom is 0.0186 e. The SMILES string of the molecule is C1CN(CC2C[N]C2)C1. The molecule has 0 atom stereocenters. The van der Waals surface area contributed by atoms with Crippen LogP contribution >= 0.6 is 0 Å². The molecule has 51 valence electrons. The van der Waals surface area contributed by atoms with E-state index in [0.29, 0.717) is 0 Å². The molecule has 0 aromatic heterocycles. The van der Waals surface area contributed by atoms with Crippen LogP contribution in [0.1, 0.15) is 6.42 Å². The summed E-state index contributed by atoms with van der Waals surface area (Å²) in [6.07, 6.45) is 1.42. The van der Waals surface area contributed by atoms with Crippen LogP contribution in [0.2, 0.25) is 0 Å². The molecule has 2 heteroatoms. The van der Waals surface area contributed by atoms with Crippen LogP contribution in [-0.4, -0.2) is 37.6 Å². The second-order valence-corrected chi connectivity index (χ2v) is 3.11. The third-order valence-corrected chi connectivity index (χ3v) is 2.24. The van der Waals surface area contributed by atoms with Crippen molar-refractivity contribution in [2.24, 2.45) is 5.92 Å². The quantitative estimate of drug-likeness (QED) is 0.505. The first kappa shape index (κ1) is 5.69. The van der Waals surface area contributed by atoms with E-state index in [9.17, 15) is 0 Å². The summed E-state index contributed by atoms with van der Waals surface area (Å²) in [4.78, 5) is 2.53.